The van der Waals surface area contributed by atoms with Gasteiger partial charge in [-0.05, 0) is 49.0 Å². The predicted octanol–water partition coefficient (Wildman–Crippen LogP) is 3.98. The van der Waals surface area contributed by atoms with Crippen molar-refractivity contribution in [3.8, 4) is 0 Å². The standard InChI is InChI=1S/C19H19N3O3S/c1-11-6-8-13-15(10-11)26-19-17(13)18(23)20-16(21-19)9-7-12-4-2-3-5-14(12)22(24)25/h2-5,7,9,11,16,21H,6,8,10H2,1H3,(H,20,23)/b9-7+/t11-,16-/m1/s1. The van der Waals surface area contributed by atoms with Crippen LogP contribution in [0.2, 0.25) is 0 Å². The van der Waals surface area contributed by atoms with Crippen molar-refractivity contribution in [3.05, 3.63) is 62.0 Å². The largest absolute Gasteiger partial charge is 0.353 e. The van der Waals surface area contributed by atoms with E-state index in [2.05, 4.69) is 17.6 Å². The van der Waals surface area contributed by atoms with E-state index >= 15 is 0 Å². The van der Waals surface area contributed by atoms with Gasteiger partial charge in [0.05, 0.1) is 16.1 Å². The summed E-state index contributed by atoms with van der Waals surface area (Å²) in [6.45, 7) is 2.24. The number of anilines is 1. The predicted molar refractivity (Wildman–Crippen MR) is 103 cm³/mol. The minimum atomic E-state index is -0.404. The Labute approximate surface area is 155 Å². The molecule has 1 aliphatic carbocycles. The third-order valence-corrected chi connectivity index (χ3v) is 6.10. The lowest BCUT2D eigenvalue weighted by atomic mass is 9.88. The summed E-state index contributed by atoms with van der Waals surface area (Å²) in [5.41, 5.74) is 2.53. The summed E-state index contributed by atoms with van der Waals surface area (Å²) >= 11 is 1.66. The summed E-state index contributed by atoms with van der Waals surface area (Å²) in [4.78, 5) is 24.6. The number of benzene rings is 1. The monoisotopic (exact) mass is 369 g/mol. The zero-order chi connectivity index (χ0) is 18.3. The maximum Gasteiger partial charge on any atom is 0.276 e. The Hall–Kier alpha value is -2.67. The second-order valence-electron chi connectivity index (χ2n) is 6.83. The van der Waals surface area contributed by atoms with E-state index in [4.69, 9.17) is 0 Å². The quantitative estimate of drug-likeness (QED) is 0.633. The van der Waals surface area contributed by atoms with Gasteiger partial charge in [0.2, 0.25) is 0 Å². The molecule has 0 unspecified atom stereocenters. The molecule has 134 valence electrons. The number of nitro benzene ring substituents is 1. The molecule has 26 heavy (non-hydrogen) atoms. The van der Waals surface area contributed by atoms with Gasteiger partial charge >= 0.3 is 0 Å². The number of carbonyl (C=O) groups excluding carboxylic acids is 1. The molecule has 0 saturated carbocycles. The molecule has 7 heteroatoms. The Morgan fingerprint density at radius 1 is 1.31 bits per heavy atom. The topological polar surface area (TPSA) is 84.3 Å². The van der Waals surface area contributed by atoms with Gasteiger partial charge in [0.1, 0.15) is 11.2 Å². The first-order valence-electron chi connectivity index (χ1n) is 8.66. The Morgan fingerprint density at radius 3 is 2.92 bits per heavy atom. The van der Waals surface area contributed by atoms with Gasteiger partial charge in [0, 0.05) is 10.9 Å². The SMILES string of the molecule is C[C@@H]1CCc2c(sc3c2C(=O)N[C@@H](/C=C/c2ccccc2[N+](=O)[O-])N3)C1. The Kier molecular flexibility index (Phi) is 4.24. The molecule has 0 bridgehead atoms. The lowest BCUT2D eigenvalue weighted by molar-refractivity contribution is -0.385. The molecule has 1 aliphatic heterocycles. The van der Waals surface area contributed by atoms with Crippen molar-refractivity contribution in [1.29, 1.82) is 0 Å². The van der Waals surface area contributed by atoms with Crippen molar-refractivity contribution in [2.24, 2.45) is 5.92 Å². The molecule has 2 aliphatic rings. The number of carbonyl (C=O) groups is 1. The third-order valence-electron chi connectivity index (χ3n) is 4.91. The van der Waals surface area contributed by atoms with Crippen LogP contribution in [0, 0.1) is 16.0 Å². The summed E-state index contributed by atoms with van der Waals surface area (Å²) in [7, 11) is 0. The van der Waals surface area contributed by atoms with Crippen LogP contribution in [0.4, 0.5) is 10.7 Å². The number of fused-ring (bicyclic) bond motifs is 3. The Morgan fingerprint density at radius 2 is 2.12 bits per heavy atom. The van der Waals surface area contributed by atoms with Gasteiger partial charge in [-0.1, -0.05) is 19.1 Å². The van der Waals surface area contributed by atoms with Crippen LogP contribution >= 0.6 is 11.3 Å². The second kappa shape index (κ2) is 6.57. The minimum absolute atomic E-state index is 0.0483. The molecule has 6 nitrogen and oxygen atoms in total. The molecule has 2 N–H and O–H groups in total. The average Bonchev–Trinajstić information content (AvgIpc) is 2.97. The van der Waals surface area contributed by atoms with E-state index < -0.39 is 4.92 Å². The van der Waals surface area contributed by atoms with Crippen molar-refractivity contribution in [3.63, 3.8) is 0 Å². The molecule has 0 radical (unpaired) electrons. The summed E-state index contributed by atoms with van der Waals surface area (Å²) < 4.78 is 0. The van der Waals surface area contributed by atoms with Crippen LogP contribution < -0.4 is 10.6 Å². The molecule has 1 aromatic carbocycles. The highest BCUT2D eigenvalue weighted by Gasteiger charge is 2.31. The summed E-state index contributed by atoms with van der Waals surface area (Å²) in [6.07, 6.45) is 6.14. The van der Waals surface area contributed by atoms with Crippen molar-refractivity contribution in [2.45, 2.75) is 32.4 Å². The maximum absolute atomic E-state index is 12.6. The zero-order valence-electron chi connectivity index (χ0n) is 14.3. The van der Waals surface area contributed by atoms with E-state index in [1.807, 2.05) is 0 Å². The molecule has 2 heterocycles. The molecule has 1 amide bonds. The van der Waals surface area contributed by atoms with Crippen LogP contribution in [-0.4, -0.2) is 17.0 Å². The van der Waals surface area contributed by atoms with Gasteiger partial charge in [-0.25, -0.2) is 0 Å². The highest BCUT2D eigenvalue weighted by atomic mass is 32.1. The zero-order valence-corrected chi connectivity index (χ0v) is 15.1. The first-order valence-corrected chi connectivity index (χ1v) is 9.48. The van der Waals surface area contributed by atoms with Gasteiger partial charge in [-0.3, -0.25) is 14.9 Å². The maximum atomic E-state index is 12.6. The number of hydrogen-bond donors (Lipinski definition) is 2. The van der Waals surface area contributed by atoms with Gasteiger partial charge in [-0.15, -0.1) is 11.3 Å². The molecule has 4 rings (SSSR count). The van der Waals surface area contributed by atoms with E-state index in [1.54, 1.807) is 41.7 Å². The van der Waals surface area contributed by atoms with E-state index in [0.717, 1.165) is 29.8 Å². The number of rotatable bonds is 3. The fourth-order valence-electron chi connectivity index (χ4n) is 3.57. The number of nitrogens with zero attached hydrogens (tertiary/aromatic N) is 1. The number of thiophene rings is 1. The molecule has 2 aromatic rings. The van der Waals surface area contributed by atoms with Crippen molar-refractivity contribution in [2.75, 3.05) is 5.32 Å². The lowest BCUT2D eigenvalue weighted by Crippen LogP contribution is -2.43. The average molecular weight is 369 g/mol. The number of nitro groups is 1. The van der Waals surface area contributed by atoms with Crippen LogP contribution in [0.1, 0.15) is 39.7 Å². The molecule has 0 fully saturated rings. The van der Waals surface area contributed by atoms with Gasteiger partial charge in [0.15, 0.2) is 0 Å². The molecular formula is C19H19N3O3S. The Balaban J connectivity index is 1.59. The van der Waals surface area contributed by atoms with E-state index in [1.165, 1.54) is 16.5 Å². The molecule has 0 saturated heterocycles. The lowest BCUT2D eigenvalue weighted by Gasteiger charge is -2.24. The fourth-order valence-corrected chi connectivity index (χ4v) is 5.02. The number of para-hydroxylation sites is 1. The highest BCUT2D eigenvalue weighted by Crippen LogP contribution is 2.41. The summed E-state index contributed by atoms with van der Waals surface area (Å²) in [5.74, 6) is 0.586. The van der Waals surface area contributed by atoms with Crippen molar-refractivity contribution >= 4 is 34.0 Å². The summed E-state index contributed by atoms with van der Waals surface area (Å²) in [5, 5.41) is 18.3. The van der Waals surface area contributed by atoms with Crippen LogP contribution in [0.3, 0.4) is 0 Å². The van der Waals surface area contributed by atoms with E-state index in [0.29, 0.717) is 11.5 Å². The first-order chi connectivity index (χ1) is 12.5. The van der Waals surface area contributed by atoms with E-state index in [9.17, 15) is 14.9 Å². The molecule has 1 aromatic heterocycles. The van der Waals surface area contributed by atoms with Crippen molar-refractivity contribution in [1.82, 2.24) is 5.32 Å². The smallest absolute Gasteiger partial charge is 0.276 e. The van der Waals surface area contributed by atoms with E-state index in [-0.39, 0.29) is 17.8 Å². The molecule has 2 atom stereocenters. The van der Waals surface area contributed by atoms with Crippen LogP contribution in [-0.2, 0) is 12.8 Å². The number of hydrogen-bond acceptors (Lipinski definition) is 5. The third kappa shape index (κ3) is 2.99. The first kappa shape index (κ1) is 16.8. The highest BCUT2D eigenvalue weighted by molar-refractivity contribution is 7.16. The molecule has 0 spiro atoms. The summed E-state index contributed by atoms with van der Waals surface area (Å²) in [6, 6.07) is 6.56. The Bertz CT molecular complexity index is 919. The van der Waals surface area contributed by atoms with Gasteiger partial charge in [-0.2, -0.15) is 0 Å². The normalized spacial score (nSPS) is 21.7. The fraction of sp³-hybridized carbons (Fsp3) is 0.316. The van der Waals surface area contributed by atoms with Crippen LogP contribution in [0.25, 0.3) is 6.08 Å². The van der Waals surface area contributed by atoms with Crippen LogP contribution in [0.15, 0.2) is 30.3 Å². The minimum Gasteiger partial charge on any atom is -0.353 e. The van der Waals surface area contributed by atoms with Crippen molar-refractivity contribution < 1.29 is 9.72 Å². The second-order valence-corrected chi connectivity index (χ2v) is 7.93. The molecular weight excluding hydrogens is 350 g/mol. The van der Waals surface area contributed by atoms with Gasteiger partial charge < -0.3 is 10.6 Å². The van der Waals surface area contributed by atoms with Crippen LogP contribution in [0.5, 0.6) is 0 Å². The number of amides is 1. The van der Waals surface area contributed by atoms with Gasteiger partial charge in [0.25, 0.3) is 11.6 Å². The number of nitrogens with one attached hydrogen (secondary N) is 2.